The highest BCUT2D eigenvalue weighted by molar-refractivity contribution is 7.17. The fourth-order valence-corrected chi connectivity index (χ4v) is 4.65. The number of amides is 2. The van der Waals surface area contributed by atoms with Gasteiger partial charge in [0.2, 0.25) is 5.91 Å². The average Bonchev–Trinajstić information content (AvgIpc) is 2.90. The van der Waals surface area contributed by atoms with Crippen molar-refractivity contribution in [3.05, 3.63) is 62.0 Å². The zero-order valence-corrected chi connectivity index (χ0v) is 18.3. The highest BCUT2D eigenvalue weighted by atomic mass is 32.1. The maximum absolute atomic E-state index is 12.8. The number of carbonyl (C=O) groups is 2. The molecule has 0 saturated heterocycles. The highest BCUT2D eigenvalue weighted by Gasteiger charge is 2.25. The topological polar surface area (TPSA) is 114 Å². The Bertz CT molecular complexity index is 1070. The molecule has 0 radical (unpaired) electrons. The van der Waals surface area contributed by atoms with E-state index in [1.807, 2.05) is 0 Å². The van der Waals surface area contributed by atoms with Gasteiger partial charge in [-0.05, 0) is 56.7 Å². The fourth-order valence-electron chi connectivity index (χ4n) is 3.36. The molecule has 9 heteroatoms. The van der Waals surface area contributed by atoms with E-state index < -0.39 is 10.8 Å². The molecule has 8 nitrogen and oxygen atoms in total. The number of aryl methyl sites for hydroxylation is 1. The lowest BCUT2D eigenvalue weighted by molar-refractivity contribution is -0.384. The summed E-state index contributed by atoms with van der Waals surface area (Å²) in [6.07, 6.45) is 7.66. The lowest BCUT2D eigenvalue weighted by Crippen LogP contribution is -2.21. The number of thiophene rings is 1. The van der Waals surface area contributed by atoms with E-state index >= 15 is 0 Å². The van der Waals surface area contributed by atoms with Crippen molar-refractivity contribution in [3.8, 4) is 0 Å². The van der Waals surface area contributed by atoms with Gasteiger partial charge in [0.15, 0.2) is 0 Å². The van der Waals surface area contributed by atoms with Crippen LogP contribution >= 0.6 is 11.3 Å². The van der Waals surface area contributed by atoms with Crippen molar-refractivity contribution in [1.29, 1.82) is 0 Å². The Hall–Kier alpha value is -3.33. The number of nitrogens with one attached hydrogen (secondary N) is 2. The molecule has 2 N–H and O–H groups in total. The van der Waals surface area contributed by atoms with Gasteiger partial charge in [-0.15, -0.1) is 11.3 Å². The number of nitrogens with zero attached hydrogens (tertiary/aromatic N) is 2. The predicted molar refractivity (Wildman–Crippen MR) is 123 cm³/mol. The van der Waals surface area contributed by atoms with Gasteiger partial charge in [0.1, 0.15) is 5.00 Å². The zero-order chi connectivity index (χ0) is 22.4. The zero-order valence-electron chi connectivity index (χ0n) is 17.4. The highest BCUT2D eigenvalue weighted by Crippen LogP contribution is 2.37. The van der Waals surface area contributed by atoms with E-state index in [1.165, 1.54) is 35.6 Å². The van der Waals surface area contributed by atoms with E-state index in [4.69, 9.17) is 0 Å². The first-order valence-electron chi connectivity index (χ1n) is 10.0. The molecule has 0 saturated carbocycles. The number of anilines is 1. The van der Waals surface area contributed by atoms with Crippen molar-refractivity contribution >= 4 is 45.6 Å². The number of fused-ring (bicyclic) bond motifs is 1. The van der Waals surface area contributed by atoms with Gasteiger partial charge >= 0.3 is 0 Å². The third kappa shape index (κ3) is 5.85. The summed E-state index contributed by atoms with van der Waals surface area (Å²) in [6, 6.07) is 6.02. The minimum absolute atomic E-state index is 0.0460. The van der Waals surface area contributed by atoms with Crippen molar-refractivity contribution in [2.75, 3.05) is 5.32 Å². The second-order valence-corrected chi connectivity index (χ2v) is 8.55. The number of nitro benzene ring substituents is 1. The summed E-state index contributed by atoms with van der Waals surface area (Å²) in [5.74, 6) is -0.745. The standard InChI is InChI=1S/C22H24N4O4S/c1-14(2)24-25-21(28)20-17-9-4-3-5-10-18(17)31-22(20)23-19(27)12-11-15-7-6-8-16(13-15)26(29)30/h6-8,11-13H,3-5,9-10H2,1-2H3,(H,23,27)(H,25,28)/b12-11+. The van der Waals surface area contributed by atoms with E-state index in [1.54, 1.807) is 26.0 Å². The minimum atomic E-state index is -0.485. The summed E-state index contributed by atoms with van der Waals surface area (Å²) in [5, 5.41) is 18.2. The van der Waals surface area contributed by atoms with E-state index in [0.717, 1.165) is 48.3 Å². The molecule has 0 fully saturated rings. The number of hydrazone groups is 1. The molecule has 1 heterocycles. The van der Waals surface area contributed by atoms with E-state index in [2.05, 4.69) is 15.8 Å². The van der Waals surface area contributed by atoms with Crippen molar-refractivity contribution in [3.63, 3.8) is 0 Å². The monoisotopic (exact) mass is 440 g/mol. The van der Waals surface area contributed by atoms with Crippen LogP contribution in [-0.2, 0) is 17.6 Å². The molecular weight excluding hydrogens is 416 g/mol. The molecule has 0 unspecified atom stereocenters. The normalized spacial score (nSPS) is 13.2. The summed E-state index contributed by atoms with van der Waals surface area (Å²) in [6.45, 7) is 3.58. The van der Waals surface area contributed by atoms with Gasteiger partial charge < -0.3 is 5.32 Å². The largest absolute Gasteiger partial charge is 0.313 e. The molecule has 2 amide bonds. The van der Waals surface area contributed by atoms with Gasteiger partial charge in [0, 0.05) is 28.8 Å². The first-order valence-corrected chi connectivity index (χ1v) is 10.9. The molecule has 1 aromatic carbocycles. The number of benzene rings is 1. The Morgan fingerprint density at radius 3 is 2.71 bits per heavy atom. The maximum Gasteiger partial charge on any atom is 0.274 e. The number of rotatable bonds is 6. The molecule has 0 bridgehead atoms. The van der Waals surface area contributed by atoms with Crippen molar-refractivity contribution in [2.45, 2.75) is 46.0 Å². The van der Waals surface area contributed by atoms with Crippen LogP contribution in [0.1, 0.15) is 59.5 Å². The Kier molecular flexibility index (Phi) is 7.30. The molecule has 31 heavy (non-hydrogen) atoms. The Balaban J connectivity index is 1.83. The quantitative estimate of drug-likeness (QED) is 0.223. The Morgan fingerprint density at radius 1 is 1.19 bits per heavy atom. The fraction of sp³-hybridized carbons (Fsp3) is 0.318. The van der Waals surface area contributed by atoms with Crippen LogP contribution in [0.15, 0.2) is 35.4 Å². The number of carbonyl (C=O) groups excluding carboxylic acids is 2. The summed E-state index contributed by atoms with van der Waals surface area (Å²) in [5.41, 5.74) is 5.24. The van der Waals surface area contributed by atoms with Gasteiger partial charge in [-0.3, -0.25) is 19.7 Å². The lowest BCUT2D eigenvalue weighted by atomic mass is 10.1. The molecule has 162 valence electrons. The smallest absolute Gasteiger partial charge is 0.274 e. The Morgan fingerprint density at radius 2 is 1.97 bits per heavy atom. The molecular formula is C22H24N4O4S. The average molecular weight is 441 g/mol. The molecule has 3 rings (SSSR count). The van der Waals surface area contributed by atoms with Gasteiger partial charge in [-0.1, -0.05) is 18.6 Å². The number of nitro groups is 1. The Labute approximate surface area is 184 Å². The van der Waals surface area contributed by atoms with Crippen LogP contribution in [0.4, 0.5) is 10.7 Å². The van der Waals surface area contributed by atoms with Crippen LogP contribution in [-0.4, -0.2) is 22.4 Å². The van der Waals surface area contributed by atoms with Crippen LogP contribution < -0.4 is 10.7 Å². The van der Waals surface area contributed by atoms with Crippen LogP contribution in [0, 0.1) is 10.1 Å². The second-order valence-electron chi connectivity index (χ2n) is 7.44. The van der Waals surface area contributed by atoms with Crippen LogP contribution in [0.5, 0.6) is 0 Å². The lowest BCUT2D eigenvalue weighted by Gasteiger charge is -2.07. The van der Waals surface area contributed by atoms with Gasteiger partial charge in [-0.25, -0.2) is 5.43 Å². The number of hydrogen-bond donors (Lipinski definition) is 2. The number of hydrogen-bond acceptors (Lipinski definition) is 6. The third-order valence-electron chi connectivity index (χ3n) is 4.77. The summed E-state index contributed by atoms with van der Waals surface area (Å²) in [4.78, 5) is 36.9. The molecule has 0 spiro atoms. The van der Waals surface area contributed by atoms with Crippen molar-refractivity contribution < 1.29 is 14.5 Å². The molecule has 0 atom stereocenters. The molecule has 1 aromatic heterocycles. The third-order valence-corrected chi connectivity index (χ3v) is 5.98. The molecule has 1 aliphatic carbocycles. The van der Waals surface area contributed by atoms with Crippen LogP contribution in [0.3, 0.4) is 0 Å². The van der Waals surface area contributed by atoms with Crippen molar-refractivity contribution in [1.82, 2.24) is 5.43 Å². The molecule has 1 aliphatic rings. The van der Waals surface area contributed by atoms with Crippen LogP contribution in [0.25, 0.3) is 6.08 Å². The summed E-state index contributed by atoms with van der Waals surface area (Å²) in [7, 11) is 0. The van der Waals surface area contributed by atoms with Gasteiger partial charge in [0.05, 0.1) is 10.5 Å². The first kappa shape index (κ1) is 22.4. The van der Waals surface area contributed by atoms with E-state index in [9.17, 15) is 19.7 Å². The van der Waals surface area contributed by atoms with E-state index in [-0.39, 0.29) is 11.6 Å². The van der Waals surface area contributed by atoms with Crippen LogP contribution in [0.2, 0.25) is 0 Å². The second kappa shape index (κ2) is 10.1. The summed E-state index contributed by atoms with van der Waals surface area (Å²) < 4.78 is 0. The summed E-state index contributed by atoms with van der Waals surface area (Å²) >= 11 is 1.43. The number of non-ortho nitro benzene ring substituents is 1. The van der Waals surface area contributed by atoms with Gasteiger partial charge in [0.25, 0.3) is 11.6 Å². The molecule has 2 aromatic rings. The minimum Gasteiger partial charge on any atom is -0.313 e. The van der Waals surface area contributed by atoms with Gasteiger partial charge in [-0.2, -0.15) is 5.10 Å². The molecule has 0 aliphatic heterocycles. The predicted octanol–water partition coefficient (Wildman–Crippen LogP) is 4.70. The van der Waals surface area contributed by atoms with Crippen molar-refractivity contribution in [2.24, 2.45) is 5.10 Å². The SMILES string of the molecule is CC(C)=NNC(=O)c1c(NC(=O)/C=C/c2cccc([N+](=O)[O-])c2)sc2c1CCCCC2. The van der Waals surface area contributed by atoms with E-state index in [0.29, 0.717) is 16.1 Å². The maximum atomic E-state index is 12.8. The first-order chi connectivity index (χ1) is 14.8.